The molecule has 2 aliphatic rings. The molecule has 0 saturated carbocycles. The molecule has 0 aliphatic carbocycles. The van der Waals surface area contributed by atoms with Crippen molar-refractivity contribution < 1.29 is 19.7 Å². The predicted molar refractivity (Wildman–Crippen MR) is 231 cm³/mol. The number of aromatic hydroxyl groups is 2. The molecule has 2 saturated heterocycles. The summed E-state index contributed by atoms with van der Waals surface area (Å²) in [4.78, 5) is 21.0. The summed E-state index contributed by atoms with van der Waals surface area (Å²) >= 11 is 3.48. The average molecular weight is 856 g/mol. The summed E-state index contributed by atoms with van der Waals surface area (Å²) < 4.78 is 15.0. The normalized spacial score (nSPS) is 14.4. The van der Waals surface area contributed by atoms with Crippen molar-refractivity contribution in [3.63, 3.8) is 0 Å². The van der Waals surface area contributed by atoms with Crippen molar-refractivity contribution in [1.29, 1.82) is 0 Å². The number of phenolic OH excluding ortho intramolecular Hbond substituents is 2. The molecular formula is C44H43BrN10O4. The van der Waals surface area contributed by atoms with Crippen LogP contribution in [0.2, 0.25) is 0 Å². The van der Waals surface area contributed by atoms with Gasteiger partial charge in [0.25, 0.3) is 0 Å². The molecule has 14 nitrogen and oxygen atoms in total. The number of para-hydroxylation sites is 2. The van der Waals surface area contributed by atoms with E-state index in [0.29, 0.717) is 28.5 Å². The van der Waals surface area contributed by atoms with Gasteiger partial charge in [-0.3, -0.25) is 0 Å². The molecule has 0 atom stereocenters. The van der Waals surface area contributed by atoms with Crippen molar-refractivity contribution in [2.75, 3.05) is 57.5 Å². The number of ether oxygens (including phenoxy) is 2. The van der Waals surface area contributed by atoms with Crippen LogP contribution in [0.3, 0.4) is 0 Å². The molecule has 3 N–H and O–H groups in total. The lowest BCUT2D eigenvalue weighted by molar-refractivity contribution is 0.151. The van der Waals surface area contributed by atoms with Crippen molar-refractivity contribution in [3.8, 4) is 45.6 Å². The molecule has 0 unspecified atom stereocenters. The summed E-state index contributed by atoms with van der Waals surface area (Å²) in [5.74, 6) is 2.30. The molecule has 0 spiro atoms. The first-order valence-corrected chi connectivity index (χ1v) is 20.3. The van der Waals surface area contributed by atoms with Gasteiger partial charge in [0.15, 0.2) is 22.9 Å². The summed E-state index contributed by atoms with van der Waals surface area (Å²) in [5, 5.41) is 33.6. The van der Waals surface area contributed by atoms with Crippen LogP contribution in [0.1, 0.15) is 12.8 Å². The summed E-state index contributed by atoms with van der Waals surface area (Å²) in [7, 11) is 0. The Morgan fingerprint density at radius 1 is 0.559 bits per heavy atom. The molecule has 59 heavy (non-hydrogen) atoms. The van der Waals surface area contributed by atoms with Crippen LogP contribution in [0.5, 0.6) is 11.5 Å². The highest BCUT2D eigenvalue weighted by Crippen LogP contribution is 2.31. The highest BCUT2D eigenvalue weighted by atomic mass is 79.9. The Hall–Kier alpha value is -6.26. The maximum Gasteiger partial charge on any atom is 0.169 e. The van der Waals surface area contributed by atoms with E-state index in [4.69, 9.17) is 19.4 Å². The Bertz CT molecular complexity index is 2600. The molecule has 0 bridgehead atoms. The molecule has 4 aromatic heterocycles. The molecule has 300 valence electrons. The minimum absolute atomic E-state index is 0.180. The first-order valence-electron chi connectivity index (χ1n) is 19.5. The van der Waals surface area contributed by atoms with Gasteiger partial charge in [-0.2, -0.15) is 10.2 Å². The van der Waals surface area contributed by atoms with Gasteiger partial charge in [-0.05, 0) is 83.8 Å². The van der Waals surface area contributed by atoms with Crippen molar-refractivity contribution in [1.82, 2.24) is 44.8 Å². The van der Waals surface area contributed by atoms with E-state index in [-0.39, 0.29) is 11.5 Å². The summed E-state index contributed by atoms with van der Waals surface area (Å²) in [5.41, 5.74) is 4.82. The highest BCUT2D eigenvalue weighted by molar-refractivity contribution is 9.10. The van der Waals surface area contributed by atoms with Crippen LogP contribution in [0.25, 0.3) is 56.2 Å². The van der Waals surface area contributed by atoms with Crippen LogP contribution in [-0.4, -0.2) is 102 Å². The van der Waals surface area contributed by atoms with Crippen LogP contribution in [0.15, 0.2) is 126 Å². The van der Waals surface area contributed by atoms with E-state index in [1.54, 1.807) is 47.3 Å². The second kappa shape index (κ2) is 19.0. The second-order valence-corrected chi connectivity index (χ2v) is 14.5. The molecule has 15 heteroatoms. The van der Waals surface area contributed by atoms with Gasteiger partial charge in [0.2, 0.25) is 0 Å². The van der Waals surface area contributed by atoms with E-state index in [2.05, 4.69) is 46.3 Å². The Morgan fingerprint density at radius 2 is 1.14 bits per heavy atom. The third kappa shape index (κ3) is 9.56. The number of hydrogen-bond acceptors (Lipinski definition) is 12. The van der Waals surface area contributed by atoms with Gasteiger partial charge in [0, 0.05) is 44.0 Å². The first-order chi connectivity index (χ1) is 29.0. The Morgan fingerprint density at radius 3 is 1.78 bits per heavy atom. The van der Waals surface area contributed by atoms with Crippen LogP contribution in [0, 0.1) is 0 Å². The summed E-state index contributed by atoms with van der Waals surface area (Å²) in [6, 6.07) is 33.6. The van der Waals surface area contributed by atoms with E-state index in [1.165, 1.54) is 6.42 Å². The number of phenols is 2. The topological polar surface area (TPSA) is 161 Å². The molecule has 10 rings (SSSR count). The molecule has 2 fully saturated rings. The van der Waals surface area contributed by atoms with Crippen molar-refractivity contribution in [2.45, 2.75) is 12.8 Å². The van der Waals surface area contributed by atoms with Gasteiger partial charge >= 0.3 is 0 Å². The zero-order valence-corrected chi connectivity index (χ0v) is 33.8. The molecule has 4 aromatic carbocycles. The Kier molecular flexibility index (Phi) is 12.7. The zero-order valence-electron chi connectivity index (χ0n) is 32.2. The van der Waals surface area contributed by atoms with Crippen LogP contribution in [0.4, 0.5) is 5.82 Å². The number of hydrogen-bond donors (Lipinski definition) is 3. The largest absolute Gasteiger partial charge is 0.508 e. The number of fused-ring (bicyclic) bond motifs is 2. The van der Waals surface area contributed by atoms with E-state index in [1.807, 2.05) is 83.7 Å². The Balaban J connectivity index is 0.000000144. The monoisotopic (exact) mass is 854 g/mol. The number of anilines is 1. The minimum Gasteiger partial charge on any atom is -0.508 e. The van der Waals surface area contributed by atoms with Crippen molar-refractivity contribution in [2.24, 2.45) is 0 Å². The number of rotatable bonds is 5. The lowest BCUT2D eigenvalue weighted by atomic mass is 10.2. The fourth-order valence-electron chi connectivity index (χ4n) is 6.70. The van der Waals surface area contributed by atoms with Gasteiger partial charge in [-0.1, -0.05) is 60.7 Å². The third-order valence-corrected chi connectivity index (χ3v) is 10.2. The quantitative estimate of drug-likeness (QED) is 0.148. The van der Waals surface area contributed by atoms with Gasteiger partial charge in [0.05, 0.1) is 47.8 Å². The highest BCUT2D eigenvalue weighted by Gasteiger charge is 2.21. The third-order valence-electron chi connectivity index (χ3n) is 9.59. The predicted octanol–water partition coefficient (Wildman–Crippen LogP) is 7.36. The van der Waals surface area contributed by atoms with E-state index < -0.39 is 0 Å². The SMILES string of the molecule is C1CNCCOC1.Oc1cccc(-c2nc(Br)c3cnn(-c4ccccc4)c3n2)c1.Oc1cccc(-c2nc(N3CCCOCC3)c3cnn(-c4ccccc4)c3n2)c1. The summed E-state index contributed by atoms with van der Waals surface area (Å²) in [6.45, 7) is 7.03. The number of nitrogens with one attached hydrogen (secondary N) is 1. The number of aromatic nitrogens is 8. The number of nitrogens with zero attached hydrogens (tertiary/aromatic N) is 9. The molecule has 8 aromatic rings. The molecule has 0 amide bonds. The standard InChI is InChI=1S/C22H21N5O2.C17H11BrN4O.C5H11NO/c28-18-9-4-6-16(14-18)20-24-21(26-10-5-12-29-13-11-26)19-15-23-27(22(19)25-20)17-7-2-1-3-8-17;18-15-14-10-19-22(12-6-2-1-3-7-12)17(14)21-16(20-15)11-5-4-8-13(23)9-11;1-2-6-3-5-7-4-1/h1-4,6-9,14-15,28H,5,10-13H2;1-10,23H;6H,1-5H2. The smallest absolute Gasteiger partial charge is 0.169 e. The van der Waals surface area contributed by atoms with Crippen LogP contribution in [-0.2, 0) is 9.47 Å². The molecule has 6 heterocycles. The van der Waals surface area contributed by atoms with E-state index in [9.17, 15) is 10.2 Å². The first kappa shape index (κ1) is 39.6. The second-order valence-electron chi connectivity index (χ2n) is 13.7. The minimum atomic E-state index is 0.180. The maximum absolute atomic E-state index is 9.94. The zero-order chi connectivity index (χ0) is 40.4. The van der Waals surface area contributed by atoms with E-state index >= 15 is 0 Å². The lowest BCUT2D eigenvalue weighted by Crippen LogP contribution is -2.27. The van der Waals surface area contributed by atoms with Gasteiger partial charge < -0.3 is 29.9 Å². The number of benzene rings is 4. The van der Waals surface area contributed by atoms with Gasteiger partial charge in [-0.25, -0.2) is 29.3 Å². The molecule has 2 aliphatic heterocycles. The Labute approximate surface area is 349 Å². The van der Waals surface area contributed by atoms with Gasteiger partial charge in [0.1, 0.15) is 21.9 Å². The van der Waals surface area contributed by atoms with Crippen LogP contribution < -0.4 is 10.2 Å². The summed E-state index contributed by atoms with van der Waals surface area (Å²) in [6.07, 6.45) is 5.67. The van der Waals surface area contributed by atoms with Crippen molar-refractivity contribution >= 4 is 43.8 Å². The average Bonchev–Trinajstić information content (AvgIpc) is 3.63. The van der Waals surface area contributed by atoms with Crippen LogP contribution >= 0.6 is 15.9 Å². The van der Waals surface area contributed by atoms with Gasteiger partial charge in [-0.15, -0.1) is 0 Å². The van der Waals surface area contributed by atoms with E-state index in [0.717, 1.165) is 97.2 Å². The number of halogens is 1. The fourth-order valence-corrected chi connectivity index (χ4v) is 7.15. The maximum atomic E-state index is 9.94. The lowest BCUT2D eigenvalue weighted by Gasteiger charge is -2.22. The molecular weight excluding hydrogens is 812 g/mol. The molecule has 0 radical (unpaired) electrons. The fraction of sp³-hybridized carbons (Fsp3) is 0.227. The van der Waals surface area contributed by atoms with Crippen molar-refractivity contribution in [3.05, 3.63) is 126 Å².